The predicted octanol–water partition coefficient (Wildman–Crippen LogP) is 4.81. The van der Waals surface area contributed by atoms with Crippen LogP contribution in [0.4, 0.5) is 5.69 Å². The van der Waals surface area contributed by atoms with Gasteiger partial charge in [-0.3, -0.25) is 4.79 Å². The van der Waals surface area contributed by atoms with Crippen molar-refractivity contribution < 1.29 is 9.53 Å². The smallest absolute Gasteiger partial charge is 0.280 e. The second-order valence-corrected chi connectivity index (χ2v) is 6.13. The number of halogens is 2. The number of carbonyl (C=O) groups is 1. The molecule has 0 N–H and O–H groups in total. The zero-order valence-corrected chi connectivity index (χ0v) is 14.6. The third kappa shape index (κ3) is 3.30. The summed E-state index contributed by atoms with van der Waals surface area (Å²) >= 11 is 12.0. The zero-order valence-electron chi connectivity index (χ0n) is 13.1. The summed E-state index contributed by atoms with van der Waals surface area (Å²) in [6.07, 6.45) is 1.80. The van der Waals surface area contributed by atoms with Crippen molar-refractivity contribution >= 4 is 46.6 Å². The maximum Gasteiger partial charge on any atom is 0.280 e. The van der Waals surface area contributed by atoms with Crippen molar-refractivity contribution in [2.24, 2.45) is 5.10 Å². The Hall–Kier alpha value is -2.30. The maximum atomic E-state index is 12.7. The molecule has 1 aliphatic heterocycles. The number of hydrogen-bond acceptors (Lipinski definition) is 3. The van der Waals surface area contributed by atoms with Crippen molar-refractivity contribution in [3.05, 3.63) is 63.6 Å². The van der Waals surface area contributed by atoms with Gasteiger partial charge in [0.15, 0.2) is 0 Å². The number of hydrogen-bond donors (Lipinski definition) is 0. The van der Waals surface area contributed by atoms with Gasteiger partial charge in [-0.25, -0.2) is 0 Å². The fraction of sp³-hybridized carbons (Fsp3) is 0.111. The highest BCUT2D eigenvalue weighted by Gasteiger charge is 2.29. The molecule has 0 fully saturated rings. The van der Waals surface area contributed by atoms with E-state index in [2.05, 4.69) is 5.10 Å². The third-order valence-electron chi connectivity index (χ3n) is 3.58. The van der Waals surface area contributed by atoms with Crippen LogP contribution in [0.2, 0.25) is 10.0 Å². The van der Waals surface area contributed by atoms with Crippen LogP contribution in [0.5, 0.6) is 5.75 Å². The predicted molar refractivity (Wildman–Crippen MR) is 98.0 cm³/mol. The number of rotatable bonds is 3. The standard InChI is InChI=1S/C18H14Cl2N2O2/c1-11-17(7-12-3-5-16(24-2)6-4-12)18(23)22(21-11)15-9-13(19)8-14(20)10-15/h3-10H,1-2H3. The van der Waals surface area contributed by atoms with Gasteiger partial charge in [-0.05, 0) is 48.9 Å². The van der Waals surface area contributed by atoms with Crippen LogP contribution in [0.15, 0.2) is 53.1 Å². The highest BCUT2D eigenvalue weighted by Crippen LogP contribution is 2.30. The van der Waals surface area contributed by atoms with E-state index in [0.29, 0.717) is 27.0 Å². The van der Waals surface area contributed by atoms with E-state index in [1.165, 1.54) is 5.01 Å². The van der Waals surface area contributed by atoms with Gasteiger partial charge in [0.05, 0.1) is 24.1 Å². The van der Waals surface area contributed by atoms with Crippen molar-refractivity contribution in [3.8, 4) is 5.75 Å². The Morgan fingerprint density at radius 2 is 1.71 bits per heavy atom. The quantitative estimate of drug-likeness (QED) is 0.737. The lowest BCUT2D eigenvalue weighted by atomic mass is 10.1. The van der Waals surface area contributed by atoms with Gasteiger partial charge in [0.25, 0.3) is 5.91 Å². The molecular formula is C18H14Cl2N2O2. The number of anilines is 1. The van der Waals surface area contributed by atoms with Crippen LogP contribution in [-0.2, 0) is 4.79 Å². The molecule has 0 aliphatic carbocycles. The SMILES string of the molecule is COc1ccc(C=C2C(=O)N(c3cc(Cl)cc(Cl)c3)N=C2C)cc1. The Morgan fingerprint density at radius 1 is 1.08 bits per heavy atom. The van der Waals surface area contributed by atoms with Crippen LogP contribution in [0.1, 0.15) is 12.5 Å². The minimum Gasteiger partial charge on any atom is -0.497 e. The molecule has 0 spiro atoms. The van der Waals surface area contributed by atoms with Gasteiger partial charge >= 0.3 is 0 Å². The van der Waals surface area contributed by atoms with E-state index in [-0.39, 0.29) is 5.91 Å². The van der Waals surface area contributed by atoms with Crippen LogP contribution in [0, 0.1) is 0 Å². The molecule has 0 unspecified atom stereocenters. The number of benzene rings is 2. The summed E-state index contributed by atoms with van der Waals surface area (Å²) in [6.45, 7) is 1.79. The molecule has 1 heterocycles. The molecule has 0 radical (unpaired) electrons. The van der Waals surface area contributed by atoms with E-state index in [0.717, 1.165) is 11.3 Å². The molecule has 2 aromatic carbocycles. The average molecular weight is 361 g/mol. The molecule has 4 nitrogen and oxygen atoms in total. The minimum atomic E-state index is -0.221. The molecule has 122 valence electrons. The summed E-state index contributed by atoms with van der Waals surface area (Å²) in [5, 5.41) is 6.53. The molecular weight excluding hydrogens is 347 g/mol. The number of nitrogens with zero attached hydrogens (tertiary/aromatic N) is 2. The Balaban J connectivity index is 1.93. The van der Waals surface area contributed by atoms with E-state index < -0.39 is 0 Å². The highest BCUT2D eigenvalue weighted by molar-refractivity contribution is 6.36. The van der Waals surface area contributed by atoms with Crippen LogP contribution in [0.25, 0.3) is 6.08 Å². The fourth-order valence-corrected chi connectivity index (χ4v) is 2.90. The first-order valence-electron chi connectivity index (χ1n) is 7.20. The molecule has 1 aliphatic rings. The van der Waals surface area contributed by atoms with Gasteiger partial charge < -0.3 is 4.74 Å². The van der Waals surface area contributed by atoms with E-state index in [4.69, 9.17) is 27.9 Å². The van der Waals surface area contributed by atoms with Gasteiger partial charge in [0.1, 0.15) is 5.75 Å². The monoisotopic (exact) mass is 360 g/mol. The summed E-state index contributed by atoms with van der Waals surface area (Å²) in [5.74, 6) is 0.539. The van der Waals surface area contributed by atoms with Crippen molar-refractivity contribution in [2.45, 2.75) is 6.92 Å². The molecule has 0 aromatic heterocycles. The second kappa shape index (κ2) is 6.67. The van der Waals surface area contributed by atoms with Crippen molar-refractivity contribution in [1.29, 1.82) is 0 Å². The van der Waals surface area contributed by atoms with Gasteiger partial charge in [0.2, 0.25) is 0 Å². The number of amides is 1. The zero-order chi connectivity index (χ0) is 17.3. The van der Waals surface area contributed by atoms with Gasteiger partial charge in [-0.1, -0.05) is 35.3 Å². The van der Waals surface area contributed by atoms with Crippen molar-refractivity contribution in [2.75, 3.05) is 12.1 Å². The first kappa shape index (κ1) is 16.6. The molecule has 0 saturated carbocycles. The Kier molecular flexibility index (Phi) is 4.60. The Labute approximate surface area is 149 Å². The molecule has 2 aromatic rings. The molecule has 6 heteroatoms. The van der Waals surface area contributed by atoms with Gasteiger partial charge in [-0.15, -0.1) is 0 Å². The molecule has 3 rings (SSSR count). The lowest BCUT2D eigenvalue weighted by Gasteiger charge is -2.12. The topological polar surface area (TPSA) is 41.9 Å². The number of methoxy groups -OCH3 is 1. The number of ether oxygens (including phenoxy) is 1. The van der Waals surface area contributed by atoms with Crippen molar-refractivity contribution in [1.82, 2.24) is 0 Å². The minimum absolute atomic E-state index is 0.221. The van der Waals surface area contributed by atoms with E-state index >= 15 is 0 Å². The summed E-state index contributed by atoms with van der Waals surface area (Å²) in [4.78, 5) is 12.7. The van der Waals surface area contributed by atoms with E-state index in [1.807, 2.05) is 24.3 Å². The average Bonchev–Trinajstić information content (AvgIpc) is 2.83. The van der Waals surface area contributed by atoms with E-state index in [1.54, 1.807) is 38.3 Å². The van der Waals surface area contributed by atoms with Crippen LogP contribution in [-0.4, -0.2) is 18.7 Å². The normalized spacial score (nSPS) is 15.8. The van der Waals surface area contributed by atoms with Crippen LogP contribution < -0.4 is 9.75 Å². The van der Waals surface area contributed by atoms with Crippen LogP contribution in [0.3, 0.4) is 0 Å². The van der Waals surface area contributed by atoms with Gasteiger partial charge in [0, 0.05) is 10.0 Å². The summed E-state index contributed by atoms with van der Waals surface area (Å²) in [6, 6.07) is 12.4. The first-order valence-corrected chi connectivity index (χ1v) is 7.95. The molecule has 0 saturated heterocycles. The van der Waals surface area contributed by atoms with Crippen molar-refractivity contribution in [3.63, 3.8) is 0 Å². The Morgan fingerprint density at radius 3 is 2.29 bits per heavy atom. The number of hydrazone groups is 1. The lowest BCUT2D eigenvalue weighted by molar-refractivity contribution is -0.114. The largest absolute Gasteiger partial charge is 0.497 e. The Bertz CT molecular complexity index is 838. The van der Waals surface area contributed by atoms with Gasteiger partial charge in [-0.2, -0.15) is 10.1 Å². The molecule has 0 atom stereocenters. The molecule has 1 amide bonds. The molecule has 24 heavy (non-hydrogen) atoms. The van der Waals surface area contributed by atoms with Crippen LogP contribution >= 0.6 is 23.2 Å². The second-order valence-electron chi connectivity index (χ2n) is 5.26. The maximum absolute atomic E-state index is 12.7. The summed E-state index contributed by atoms with van der Waals surface area (Å²) in [7, 11) is 1.61. The van der Waals surface area contributed by atoms with E-state index in [9.17, 15) is 4.79 Å². The summed E-state index contributed by atoms with van der Waals surface area (Å²) < 4.78 is 5.13. The highest BCUT2D eigenvalue weighted by atomic mass is 35.5. The molecule has 0 bridgehead atoms. The fourth-order valence-electron chi connectivity index (χ4n) is 2.39. The lowest BCUT2D eigenvalue weighted by Crippen LogP contribution is -2.21. The third-order valence-corrected chi connectivity index (χ3v) is 4.02. The first-order chi connectivity index (χ1) is 11.5. The number of carbonyl (C=O) groups excluding carboxylic acids is 1. The summed E-state index contributed by atoms with van der Waals surface area (Å²) in [5.41, 5.74) is 2.58.